The number of hydrogen-bond donors (Lipinski definition) is 4. The third-order valence-electron chi connectivity index (χ3n) is 11.9. The molecule has 0 radical (unpaired) electrons. The molecule has 13 nitrogen and oxygen atoms in total. The molecule has 2 aromatic heterocycles. The van der Waals surface area contributed by atoms with Gasteiger partial charge in [-0.15, -0.1) is 11.3 Å². The number of hydrogen-bond acceptors (Lipinski definition) is 11. The SMILES string of the molecule is O=C1CCC(N2Cc3c(csc3COc3ccc(CCCCCCCOc4cc(C(=O)Nc5c(Cl)cncc5Cl)ccc4OC(F)F)cc3)C2=O)C(=O)N1.Oc1c(Cl)cc(Cl)c(Cl)c1Cc1c(O)c(Cl)cc(Cl)c1Cl. The van der Waals surface area contributed by atoms with Gasteiger partial charge in [0.05, 0.1) is 58.0 Å². The van der Waals surface area contributed by atoms with E-state index in [-0.39, 0.29) is 117 Å². The standard InChI is InChI=1S/C38H36Cl2F2N4O7S.C13H6Cl6O2/c39-27-17-43-18-28(40)34(27)45-35(48)23-9-13-30(53-38(41)42)31(16-23)51-15-5-3-1-2-4-6-22-7-10-24(11-8-22)52-20-32-25-19-46(37(50)26(25)21-54-32)29-12-14-33(47)44-36(29)49;14-6-2-8(16)12(20)4(10(6)18)1-5-11(19)7(15)3-9(17)13(5)21/h7-11,13,16-18,21,29,38H,1-6,12,14-15,19-20H2,(H,43,45,48)(H,44,47,49);2-3,20-21H,1H2. The van der Waals surface area contributed by atoms with E-state index in [1.54, 1.807) is 10.3 Å². The van der Waals surface area contributed by atoms with Crippen LogP contribution in [0.25, 0.3) is 0 Å². The van der Waals surface area contributed by atoms with Gasteiger partial charge in [-0.05, 0) is 73.7 Å². The highest BCUT2D eigenvalue weighted by atomic mass is 35.5. The van der Waals surface area contributed by atoms with Crippen molar-refractivity contribution >= 4 is 133 Å². The number of amides is 4. The summed E-state index contributed by atoms with van der Waals surface area (Å²) >= 11 is 49.3. The van der Waals surface area contributed by atoms with Gasteiger partial charge < -0.3 is 34.6 Å². The monoisotopic (exact) mass is 1200 g/mol. The van der Waals surface area contributed by atoms with Crippen LogP contribution in [0.2, 0.25) is 40.2 Å². The molecule has 1 unspecified atom stereocenters. The number of phenolic OH excluding ortho intramolecular Hbond substituents is 2. The van der Waals surface area contributed by atoms with Crippen molar-refractivity contribution in [3.63, 3.8) is 0 Å². The van der Waals surface area contributed by atoms with Crippen LogP contribution in [0.1, 0.15) is 92.8 Å². The number of thiophene rings is 1. The van der Waals surface area contributed by atoms with E-state index in [4.69, 9.17) is 102 Å². The Hall–Kier alpha value is -5.01. The minimum Gasteiger partial charge on any atom is -0.506 e. The number of nitrogens with zero attached hydrogens (tertiary/aromatic N) is 2. The smallest absolute Gasteiger partial charge is 0.387 e. The van der Waals surface area contributed by atoms with Crippen LogP contribution >= 0.6 is 104 Å². The number of rotatable bonds is 19. The maximum absolute atomic E-state index is 13.0. The summed E-state index contributed by atoms with van der Waals surface area (Å²) in [6.45, 7) is -2.19. The van der Waals surface area contributed by atoms with Gasteiger partial charge in [0.2, 0.25) is 11.8 Å². The fourth-order valence-corrected chi connectivity index (χ4v) is 10.8. The van der Waals surface area contributed by atoms with Gasteiger partial charge in [-0.25, -0.2) is 0 Å². The molecule has 1 saturated heterocycles. The van der Waals surface area contributed by atoms with Gasteiger partial charge in [0.25, 0.3) is 11.8 Å². The van der Waals surface area contributed by atoms with E-state index in [9.17, 15) is 38.2 Å². The minimum absolute atomic E-state index is 0.0214. The highest BCUT2D eigenvalue weighted by Gasteiger charge is 2.40. The Balaban J connectivity index is 0.000000326. The topological polar surface area (TPSA) is 177 Å². The van der Waals surface area contributed by atoms with Gasteiger partial charge in [0, 0.05) is 64.3 Å². The number of carbonyl (C=O) groups excluding carboxylic acids is 4. The van der Waals surface area contributed by atoms with Crippen LogP contribution in [0.5, 0.6) is 28.7 Å². The average molecular weight is 1210 g/mol. The van der Waals surface area contributed by atoms with Gasteiger partial charge in [-0.3, -0.25) is 29.5 Å². The number of pyridine rings is 1. The van der Waals surface area contributed by atoms with E-state index in [2.05, 4.69) is 20.4 Å². The van der Waals surface area contributed by atoms with Crippen LogP contribution in [0.3, 0.4) is 0 Å². The summed E-state index contributed by atoms with van der Waals surface area (Å²) < 4.78 is 42.5. The van der Waals surface area contributed by atoms with E-state index in [1.165, 1.54) is 59.6 Å². The van der Waals surface area contributed by atoms with E-state index < -0.39 is 24.5 Å². The number of phenols is 2. The number of unbranched alkanes of at least 4 members (excludes halogenated alkanes) is 4. The lowest BCUT2D eigenvalue weighted by Crippen LogP contribution is -2.52. The number of halogens is 10. The summed E-state index contributed by atoms with van der Waals surface area (Å²) in [5.41, 5.74) is 3.38. The number of anilines is 1. The molecular formula is C51H42Cl8F2N4O9S. The number of nitrogens with one attached hydrogen (secondary N) is 2. The number of aromatic nitrogens is 1. The van der Waals surface area contributed by atoms with Crippen molar-refractivity contribution in [1.29, 1.82) is 0 Å². The number of piperidine rings is 1. The van der Waals surface area contributed by atoms with Crippen molar-refractivity contribution < 1.29 is 52.4 Å². The van der Waals surface area contributed by atoms with Crippen molar-refractivity contribution in [2.75, 3.05) is 11.9 Å². The van der Waals surface area contributed by atoms with Crippen LogP contribution in [0.4, 0.5) is 14.5 Å². The largest absolute Gasteiger partial charge is 0.506 e. The van der Waals surface area contributed by atoms with Crippen molar-refractivity contribution in [2.45, 2.75) is 83.6 Å². The molecule has 2 aliphatic rings. The van der Waals surface area contributed by atoms with Crippen molar-refractivity contribution in [2.24, 2.45) is 0 Å². The van der Waals surface area contributed by atoms with Crippen LogP contribution in [-0.2, 0) is 35.6 Å². The Bertz CT molecular complexity index is 2980. The fourth-order valence-electron chi connectivity index (χ4n) is 8.01. The number of carbonyl (C=O) groups is 4. The molecule has 0 spiro atoms. The minimum atomic E-state index is -3.06. The number of fused-ring (bicyclic) bond motifs is 1. The van der Waals surface area contributed by atoms with E-state index >= 15 is 0 Å². The van der Waals surface area contributed by atoms with E-state index in [0.717, 1.165) is 42.5 Å². The highest BCUT2D eigenvalue weighted by Crippen LogP contribution is 2.45. The third kappa shape index (κ3) is 14.5. The van der Waals surface area contributed by atoms with Gasteiger partial charge in [0.1, 0.15) is 29.9 Å². The maximum Gasteiger partial charge on any atom is 0.387 e. The normalized spacial score (nSPS) is 14.1. The summed E-state index contributed by atoms with van der Waals surface area (Å²) in [6.07, 6.45) is 8.51. The van der Waals surface area contributed by atoms with Crippen LogP contribution < -0.4 is 24.8 Å². The Kier molecular flexibility index (Phi) is 20.3. The number of alkyl halides is 2. The van der Waals surface area contributed by atoms with E-state index in [1.807, 2.05) is 24.3 Å². The van der Waals surface area contributed by atoms with Crippen molar-refractivity contribution in [3.05, 3.63) is 151 Å². The number of benzene rings is 4. The molecule has 2 aliphatic heterocycles. The zero-order chi connectivity index (χ0) is 54.1. The van der Waals surface area contributed by atoms with Crippen molar-refractivity contribution in [1.82, 2.24) is 15.2 Å². The lowest BCUT2D eigenvalue weighted by molar-refractivity contribution is -0.136. The first kappa shape index (κ1) is 57.7. The van der Waals surface area contributed by atoms with Gasteiger partial charge >= 0.3 is 6.61 Å². The maximum atomic E-state index is 13.0. The summed E-state index contributed by atoms with van der Waals surface area (Å²) in [5.74, 6) is -1.46. The number of imide groups is 1. The molecule has 4 amide bonds. The predicted octanol–water partition coefficient (Wildman–Crippen LogP) is 14.8. The number of aryl methyl sites for hydroxylation is 1. The average Bonchev–Trinajstić information content (AvgIpc) is 3.93. The summed E-state index contributed by atoms with van der Waals surface area (Å²) in [7, 11) is 0. The molecular weight excluding hydrogens is 1170 g/mol. The lowest BCUT2D eigenvalue weighted by atomic mass is 10.0. The van der Waals surface area contributed by atoms with E-state index in [0.29, 0.717) is 37.3 Å². The van der Waals surface area contributed by atoms with Gasteiger partial charge in [-0.1, -0.05) is 124 Å². The second kappa shape index (κ2) is 26.4. The summed E-state index contributed by atoms with van der Waals surface area (Å²) in [5, 5.41) is 27.7. The molecule has 8 rings (SSSR count). The van der Waals surface area contributed by atoms with Crippen LogP contribution in [-0.4, -0.2) is 63.0 Å². The Labute approximate surface area is 472 Å². The molecule has 4 heterocycles. The summed E-state index contributed by atoms with van der Waals surface area (Å²) in [4.78, 5) is 56.0. The third-order valence-corrected chi connectivity index (χ3v) is 15.7. The number of ether oxygens (including phenoxy) is 3. The lowest BCUT2D eigenvalue weighted by Gasteiger charge is -2.29. The molecule has 0 aliphatic carbocycles. The molecule has 0 saturated carbocycles. The number of aromatic hydroxyl groups is 2. The zero-order valence-electron chi connectivity index (χ0n) is 38.9. The Morgan fingerprint density at radius 1 is 0.787 bits per heavy atom. The second-order valence-electron chi connectivity index (χ2n) is 16.9. The zero-order valence-corrected chi connectivity index (χ0v) is 45.8. The van der Waals surface area contributed by atoms with Crippen LogP contribution in [0, 0.1) is 0 Å². The Morgan fingerprint density at radius 3 is 2.04 bits per heavy atom. The van der Waals surface area contributed by atoms with Crippen LogP contribution in [0.15, 0.2) is 72.4 Å². The molecule has 24 heteroatoms. The molecule has 1 atom stereocenters. The first-order chi connectivity index (χ1) is 35.8. The first-order valence-electron chi connectivity index (χ1n) is 22.8. The fraction of sp³-hybridized carbons (Fsp3) is 0.275. The first-order valence-corrected chi connectivity index (χ1v) is 26.7. The molecule has 4 aromatic carbocycles. The predicted molar refractivity (Wildman–Crippen MR) is 288 cm³/mol. The molecule has 6 aromatic rings. The summed E-state index contributed by atoms with van der Waals surface area (Å²) in [6, 6.07) is 13.8. The Morgan fingerprint density at radius 2 is 1.41 bits per heavy atom. The van der Waals surface area contributed by atoms with Crippen molar-refractivity contribution in [3.8, 4) is 28.7 Å². The second-order valence-corrected chi connectivity index (χ2v) is 21.0. The molecule has 1 fully saturated rings. The molecule has 396 valence electrons. The highest BCUT2D eigenvalue weighted by molar-refractivity contribution is 7.10. The molecule has 4 N–H and O–H groups in total. The molecule has 75 heavy (non-hydrogen) atoms. The quantitative estimate of drug-likeness (QED) is 0.0347. The van der Waals surface area contributed by atoms with Gasteiger partial charge in [-0.2, -0.15) is 8.78 Å². The molecule has 0 bridgehead atoms. The van der Waals surface area contributed by atoms with Gasteiger partial charge in [0.15, 0.2) is 11.5 Å².